The highest BCUT2D eigenvalue weighted by Crippen LogP contribution is 2.25. The van der Waals surface area contributed by atoms with Crippen LogP contribution in [-0.2, 0) is 5.75 Å². The minimum absolute atomic E-state index is 0.226. The van der Waals surface area contributed by atoms with Gasteiger partial charge in [-0.1, -0.05) is 17.9 Å². The number of thioether (sulfide) groups is 1. The van der Waals surface area contributed by atoms with E-state index < -0.39 is 0 Å². The minimum Gasteiger partial charge on any atom is -0.497 e. The molecule has 2 aromatic rings. The second-order valence-corrected chi connectivity index (χ2v) is 5.33. The van der Waals surface area contributed by atoms with Crippen molar-refractivity contribution in [1.82, 2.24) is 0 Å². The summed E-state index contributed by atoms with van der Waals surface area (Å²) in [6, 6.07) is 12.8. The maximum absolute atomic E-state index is 13.6. The summed E-state index contributed by atoms with van der Waals surface area (Å²) in [6.45, 7) is 0.226. The molecule has 0 aliphatic rings. The molecule has 2 aromatic carbocycles. The van der Waals surface area contributed by atoms with Crippen LogP contribution in [0.2, 0.25) is 0 Å². The van der Waals surface area contributed by atoms with Gasteiger partial charge in [-0.05, 0) is 42.0 Å². The van der Waals surface area contributed by atoms with Gasteiger partial charge in [0.15, 0.2) is 0 Å². The fraction of sp³-hybridized carbons (Fsp3) is 0.176. The molecule has 0 radical (unpaired) electrons. The molecule has 0 aliphatic carbocycles. The van der Waals surface area contributed by atoms with Crippen molar-refractivity contribution in [3.05, 3.63) is 59.4 Å². The molecule has 0 aliphatic heterocycles. The van der Waals surface area contributed by atoms with Gasteiger partial charge >= 0.3 is 0 Å². The van der Waals surface area contributed by atoms with Crippen LogP contribution < -0.4 is 10.5 Å². The Balaban J connectivity index is 2.05. The maximum Gasteiger partial charge on any atom is 0.138 e. The largest absolute Gasteiger partial charge is 0.497 e. The van der Waals surface area contributed by atoms with Crippen molar-refractivity contribution in [3.63, 3.8) is 0 Å². The van der Waals surface area contributed by atoms with Crippen LogP contribution in [0.25, 0.3) is 0 Å². The second-order valence-electron chi connectivity index (χ2n) is 4.28. The number of halogens is 1. The van der Waals surface area contributed by atoms with Gasteiger partial charge < -0.3 is 10.5 Å². The molecular weight excluding hydrogens is 285 g/mol. The maximum atomic E-state index is 13.6. The van der Waals surface area contributed by atoms with Gasteiger partial charge in [0.2, 0.25) is 0 Å². The molecule has 0 atom stereocenters. The van der Waals surface area contributed by atoms with Crippen LogP contribution >= 0.6 is 11.8 Å². The molecule has 0 heterocycles. The number of nitrogens with two attached hydrogens (primary N) is 1. The van der Waals surface area contributed by atoms with Gasteiger partial charge in [-0.25, -0.2) is 4.39 Å². The van der Waals surface area contributed by atoms with Gasteiger partial charge in [-0.15, -0.1) is 11.8 Å². The number of benzene rings is 2. The van der Waals surface area contributed by atoms with E-state index in [2.05, 4.69) is 11.8 Å². The Labute approximate surface area is 128 Å². The number of rotatable bonds is 4. The summed E-state index contributed by atoms with van der Waals surface area (Å²) in [5, 5.41) is 0. The van der Waals surface area contributed by atoms with Crippen LogP contribution in [0.5, 0.6) is 5.75 Å². The summed E-state index contributed by atoms with van der Waals surface area (Å²) in [5.74, 6) is 6.70. The normalized spacial score (nSPS) is 9.86. The molecule has 21 heavy (non-hydrogen) atoms. The molecule has 0 amide bonds. The highest BCUT2D eigenvalue weighted by atomic mass is 32.2. The van der Waals surface area contributed by atoms with Gasteiger partial charge in [0, 0.05) is 10.6 Å². The van der Waals surface area contributed by atoms with Crippen molar-refractivity contribution in [2.75, 3.05) is 13.7 Å². The van der Waals surface area contributed by atoms with Crippen molar-refractivity contribution in [1.29, 1.82) is 0 Å². The smallest absolute Gasteiger partial charge is 0.138 e. The van der Waals surface area contributed by atoms with Crippen molar-refractivity contribution in [3.8, 4) is 17.6 Å². The average molecular weight is 301 g/mol. The Hall–Kier alpha value is -1.96. The molecule has 108 valence electrons. The van der Waals surface area contributed by atoms with Crippen LogP contribution in [0.3, 0.4) is 0 Å². The monoisotopic (exact) mass is 301 g/mol. The first-order valence-corrected chi connectivity index (χ1v) is 7.45. The summed E-state index contributed by atoms with van der Waals surface area (Å²) < 4.78 is 18.7. The number of methoxy groups -OCH3 is 1. The molecule has 0 fully saturated rings. The lowest BCUT2D eigenvalue weighted by atomic mass is 10.1. The van der Waals surface area contributed by atoms with Crippen LogP contribution in [0, 0.1) is 17.7 Å². The zero-order valence-electron chi connectivity index (χ0n) is 11.7. The highest BCUT2D eigenvalue weighted by molar-refractivity contribution is 7.98. The topological polar surface area (TPSA) is 35.2 Å². The van der Waals surface area contributed by atoms with E-state index in [0.29, 0.717) is 5.56 Å². The van der Waals surface area contributed by atoms with E-state index in [1.54, 1.807) is 31.0 Å². The van der Waals surface area contributed by atoms with E-state index in [4.69, 9.17) is 10.5 Å². The van der Waals surface area contributed by atoms with Gasteiger partial charge in [-0.2, -0.15) is 0 Å². The summed E-state index contributed by atoms with van der Waals surface area (Å²) in [6.07, 6.45) is 0. The van der Waals surface area contributed by atoms with E-state index >= 15 is 0 Å². The number of hydrogen-bond donors (Lipinski definition) is 1. The van der Waals surface area contributed by atoms with Gasteiger partial charge in [0.25, 0.3) is 0 Å². The Morgan fingerprint density at radius 3 is 2.62 bits per heavy atom. The third-order valence-corrected chi connectivity index (χ3v) is 3.90. The molecule has 2 rings (SSSR count). The van der Waals surface area contributed by atoms with Gasteiger partial charge in [-0.3, -0.25) is 0 Å². The predicted octanol–water partition coefficient (Wildman–Crippen LogP) is 3.44. The number of ether oxygens (including phenoxy) is 1. The first-order chi connectivity index (χ1) is 10.2. The first kappa shape index (κ1) is 15.4. The molecule has 2 nitrogen and oxygen atoms in total. The van der Waals surface area contributed by atoms with E-state index in [1.165, 1.54) is 6.07 Å². The van der Waals surface area contributed by atoms with Crippen LogP contribution in [0.1, 0.15) is 11.1 Å². The molecule has 0 saturated carbocycles. The average Bonchev–Trinajstić information content (AvgIpc) is 2.53. The standard InChI is InChI=1S/C17H16FNOS/c1-20-15-5-7-16(8-6-15)21-12-13-4-9-17(18)14(11-13)3-2-10-19/h4-9,11H,10,12,19H2,1H3. The van der Waals surface area contributed by atoms with Crippen molar-refractivity contribution >= 4 is 11.8 Å². The minimum atomic E-state index is -0.311. The fourth-order valence-corrected chi connectivity index (χ4v) is 2.58. The summed E-state index contributed by atoms with van der Waals surface area (Å²) in [7, 11) is 1.64. The van der Waals surface area contributed by atoms with E-state index in [1.807, 2.05) is 24.3 Å². The summed E-state index contributed by atoms with van der Waals surface area (Å²) >= 11 is 1.68. The van der Waals surface area contributed by atoms with Crippen molar-refractivity contribution in [2.24, 2.45) is 5.73 Å². The zero-order valence-corrected chi connectivity index (χ0v) is 12.5. The van der Waals surface area contributed by atoms with Crippen LogP contribution in [0.15, 0.2) is 47.4 Å². The van der Waals surface area contributed by atoms with E-state index in [0.717, 1.165) is 22.0 Å². The SMILES string of the molecule is COc1ccc(SCc2ccc(F)c(C#CCN)c2)cc1. The molecule has 2 N–H and O–H groups in total. The summed E-state index contributed by atoms with van der Waals surface area (Å²) in [5.41, 5.74) is 6.74. The van der Waals surface area contributed by atoms with Crippen LogP contribution in [-0.4, -0.2) is 13.7 Å². The molecule has 4 heteroatoms. The molecule has 0 saturated heterocycles. The summed E-state index contributed by atoms with van der Waals surface area (Å²) in [4.78, 5) is 1.13. The molecule has 0 unspecified atom stereocenters. The zero-order chi connectivity index (χ0) is 15.1. The molecule has 0 spiro atoms. The van der Waals surface area contributed by atoms with E-state index in [9.17, 15) is 4.39 Å². The third kappa shape index (κ3) is 4.52. The van der Waals surface area contributed by atoms with E-state index in [-0.39, 0.29) is 12.4 Å². The Bertz CT molecular complexity index is 659. The Morgan fingerprint density at radius 2 is 1.95 bits per heavy atom. The predicted molar refractivity (Wildman–Crippen MR) is 84.9 cm³/mol. The lowest BCUT2D eigenvalue weighted by Gasteiger charge is -2.05. The van der Waals surface area contributed by atoms with Crippen molar-refractivity contribution < 1.29 is 9.13 Å². The van der Waals surface area contributed by atoms with Gasteiger partial charge in [0.05, 0.1) is 19.2 Å². The quantitative estimate of drug-likeness (QED) is 0.694. The second kappa shape index (κ2) is 7.72. The fourth-order valence-electron chi connectivity index (χ4n) is 1.74. The third-order valence-electron chi connectivity index (χ3n) is 2.82. The Kier molecular flexibility index (Phi) is 5.68. The van der Waals surface area contributed by atoms with Crippen LogP contribution in [0.4, 0.5) is 4.39 Å². The number of hydrogen-bond acceptors (Lipinski definition) is 3. The first-order valence-electron chi connectivity index (χ1n) is 6.47. The molecule has 0 aromatic heterocycles. The van der Waals surface area contributed by atoms with Crippen molar-refractivity contribution in [2.45, 2.75) is 10.6 Å². The highest BCUT2D eigenvalue weighted by Gasteiger charge is 2.02. The molecule has 0 bridgehead atoms. The lowest BCUT2D eigenvalue weighted by molar-refractivity contribution is 0.414. The molecular formula is C17H16FNOS. The van der Waals surface area contributed by atoms with Gasteiger partial charge in [0.1, 0.15) is 11.6 Å². The lowest BCUT2D eigenvalue weighted by Crippen LogP contribution is -1.94. The Morgan fingerprint density at radius 1 is 1.19 bits per heavy atom.